The summed E-state index contributed by atoms with van der Waals surface area (Å²) >= 11 is 0. The highest BCUT2D eigenvalue weighted by molar-refractivity contribution is 5.33. The standard InChI is InChI=1S/C10H15F3.C2H6/c1-4-7-9(10(11,12)13)8(5-2)6-3;1-2/h5,7H,4,6H2,1-3H3;1-2H3/b8-5-,9-7+;. The quantitative estimate of drug-likeness (QED) is 0.571. The molecule has 0 saturated heterocycles. The van der Waals surface area contributed by atoms with Gasteiger partial charge in [-0.3, -0.25) is 0 Å². The van der Waals surface area contributed by atoms with Gasteiger partial charge in [0.1, 0.15) is 0 Å². The Kier molecular flexibility index (Phi) is 9.53. The van der Waals surface area contributed by atoms with Crippen molar-refractivity contribution in [2.75, 3.05) is 0 Å². The molecule has 0 atom stereocenters. The second kappa shape index (κ2) is 8.57. The Labute approximate surface area is 90.9 Å². The zero-order valence-electron chi connectivity index (χ0n) is 10.2. The molecule has 0 aliphatic heterocycles. The highest BCUT2D eigenvalue weighted by Gasteiger charge is 2.34. The van der Waals surface area contributed by atoms with Crippen LogP contribution in [0, 0.1) is 0 Å². The number of hydrogen-bond donors (Lipinski definition) is 0. The van der Waals surface area contributed by atoms with Crippen LogP contribution in [-0.2, 0) is 0 Å². The van der Waals surface area contributed by atoms with Crippen molar-refractivity contribution in [3.05, 3.63) is 23.3 Å². The Bertz CT molecular complexity index is 209. The number of halogens is 3. The van der Waals surface area contributed by atoms with E-state index in [1.165, 1.54) is 12.2 Å². The van der Waals surface area contributed by atoms with Gasteiger partial charge in [-0.25, -0.2) is 0 Å². The van der Waals surface area contributed by atoms with E-state index in [0.29, 0.717) is 18.4 Å². The molecule has 0 aromatic carbocycles. The summed E-state index contributed by atoms with van der Waals surface area (Å²) in [4.78, 5) is 0. The van der Waals surface area contributed by atoms with Crippen LogP contribution in [0.25, 0.3) is 0 Å². The maximum absolute atomic E-state index is 12.4. The Morgan fingerprint density at radius 3 is 1.80 bits per heavy atom. The second-order valence-electron chi connectivity index (χ2n) is 2.69. The van der Waals surface area contributed by atoms with Crippen LogP contribution in [0.15, 0.2) is 23.3 Å². The monoisotopic (exact) mass is 222 g/mol. The lowest BCUT2D eigenvalue weighted by atomic mass is 10.0. The smallest absolute Gasteiger partial charge is 0.166 e. The molecule has 0 aromatic rings. The highest BCUT2D eigenvalue weighted by atomic mass is 19.4. The van der Waals surface area contributed by atoms with E-state index >= 15 is 0 Å². The maximum Gasteiger partial charge on any atom is 0.416 e. The van der Waals surface area contributed by atoms with Crippen molar-refractivity contribution >= 4 is 0 Å². The summed E-state index contributed by atoms with van der Waals surface area (Å²) in [5.74, 6) is 0. The summed E-state index contributed by atoms with van der Waals surface area (Å²) in [7, 11) is 0. The minimum absolute atomic E-state index is 0.370. The van der Waals surface area contributed by atoms with Crippen LogP contribution in [0.5, 0.6) is 0 Å². The van der Waals surface area contributed by atoms with Gasteiger partial charge in [0.25, 0.3) is 0 Å². The zero-order valence-corrected chi connectivity index (χ0v) is 10.2. The maximum atomic E-state index is 12.4. The van der Waals surface area contributed by atoms with Gasteiger partial charge in [0.2, 0.25) is 0 Å². The van der Waals surface area contributed by atoms with E-state index in [0.717, 1.165) is 0 Å². The van der Waals surface area contributed by atoms with Gasteiger partial charge in [-0.15, -0.1) is 0 Å². The van der Waals surface area contributed by atoms with Crippen LogP contribution in [0.1, 0.15) is 47.5 Å². The van der Waals surface area contributed by atoms with Gasteiger partial charge >= 0.3 is 6.18 Å². The molecule has 0 N–H and O–H groups in total. The number of hydrogen-bond acceptors (Lipinski definition) is 0. The van der Waals surface area contributed by atoms with Crippen LogP contribution in [0.3, 0.4) is 0 Å². The van der Waals surface area contributed by atoms with E-state index in [1.807, 2.05) is 13.8 Å². The third kappa shape index (κ3) is 6.37. The molecule has 0 aliphatic carbocycles. The van der Waals surface area contributed by atoms with Gasteiger partial charge in [0.05, 0.1) is 5.57 Å². The average molecular weight is 222 g/mol. The lowest BCUT2D eigenvalue weighted by Gasteiger charge is -2.13. The van der Waals surface area contributed by atoms with E-state index in [1.54, 1.807) is 20.8 Å². The zero-order chi connectivity index (χ0) is 12.5. The number of alkyl halides is 3. The van der Waals surface area contributed by atoms with Crippen molar-refractivity contribution < 1.29 is 13.2 Å². The third-order valence-corrected chi connectivity index (χ3v) is 1.79. The van der Waals surface area contributed by atoms with E-state index < -0.39 is 11.7 Å². The molecule has 3 heteroatoms. The third-order valence-electron chi connectivity index (χ3n) is 1.79. The largest absolute Gasteiger partial charge is 0.416 e. The molecule has 0 bridgehead atoms. The van der Waals surface area contributed by atoms with Crippen molar-refractivity contribution in [2.24, 2.45) is 0 Å². The molecule has 0 aliphatic rings. The normalized spacial score (nSPS) is 13.3. The average Bonchev–Trinajstić information content (AvgIpc) is 2.20. The van der Waals surface area contributed by atoms with Gasteiger partial charge in [0.15, 0.2) is 0 Å². The van der Waals surface area contributed by atoms with E-state index in [9.17, 15) is 13.2 Å². The summed E-state index contributed by atoms with van der Waals surface area (Å²) in [6.07, 6.45) is -0.629. The van der Waals surface area contributed by atoms with Crippen LogP contribution in [-0.4, -0.2) is 6.18 Å². The summed E-state index contributed by atoms with van der Waals surface area (Å²) < 4.78 is 37.3. The molecule has 0 heterocycles. The SMILES string of the molecule is C/C=C(CC)\C(=C/CC)C(F)(F)F.CC. The summed E-state index contributed by atoms with van der Waals surface area (Å²) in [5, 5.41) is 0. The first-order chi connectivity index (χ1) is 6.97. The molecule has 0 aromatic heterocycles. The Balaban J connectivity index is 0. The topological polar surface area (TPSA) is 0 Å². The van der Waals surface area contributed by atoms with Crippen molar-refractivity contribution in [3.8, 4) is 0 Å². The second-order valence-corrected chi connectivity index (χ2v) is 2.69. The van der Waals surface area contributed by atoms with Gasteiger partial charge in [-0.05, 0) is 25.3 Å². The lowest BCUT2D eigenvalue weighted by Crippen LogP contribution is -2.13. The predicted molar refractivity (Wildman–Crippen MR) is 59.8 cm³/mol. The Morgan fingerprint density at radius 1 is 1.13 bits per heavy atom. The van der Waals surface area contributed by atoms with E-state index in [2.05, 4.69) is 0 Å². The molecular formula is C12H21F3. The molecule has 15 heavy (non-hydrogen) atoms. The summed E-state index contributed by atoms with van der Waals surface area (Å²) in [6.45, 7) is 9.06. The molecule has 0 saturated carbocycles. The van der Waals surface area contributed by atoms with Crippen LogP contribution in [0.4, 0.5) is 13.2 Å². The minimum Gasteiger partial charge on any atom is -0.166 e. The first kappa shape index (κ1) is 16.7. The molecule has 0 unspecified atom stereocenters. The molecule has 90 valence electrons. The van der Waals surface area contributed by atoms with Gasteiger partial charge in [-0.2, -0.15) is 13.2 Å². The highest BCUT2D eigenvalue weighted by Crippen LogP contribution is 2.32. The summed E-state index contributed by atoms with van der Waals surface area (Å²) in [5.41, 5.74) is -0.116. The Morgan fingerprint density at radius 2 is 1.60 bits per heavy atom. The van der Waals surface area contributed by atoms with Crippen molar-refractivity contribution in [1.82, 2.24) is 0 Å². The summed E-state index contributed by atoms with van der Waals surface area (Å²) in [6, 6.07) is 0. The number of allylic oxidation sites excluding steroid dienone is 4. The van der Waals surface area contributed by atoms with Gasteiger partial charge in [0, 0.05) is 0 Å². The Hall–Kier alpha value is -0.730. The van der Waals surface area contributed by atoms with Gasteiger partial charge in [-0.1, -0.05) is 39.8 Å². The van der Waals surface area contributed by atoms with Crippen LogP contribution < -0.4 is 0 Å². The molecule has 0 fully saturated rings. The van der Waals surface area contributed by atoms with Gasteiger partial charge < -0.3 is 0 Å². The molecule has 0 nitrogen and oxygen atoms in total. The fourth-order valence-corrected chi connectivity index (χ4v) is 1.18. The van der Waals surface area contributed by atoms with Crippen LogP contribution >= 0.6 is 0 Å². The lowest BCUT2D eigenvalue weighted by molar-refractivity contribution is -0.0898. The first-order valence-electron chi connectivity index (χ1n) is 5.40. The molecule has 0 radical (unpaired) electrons. The van der Waals surface area contributed by atoms with Crippen molar-refractivity contribution in [3.63, 3.8) is 0 Å². The fraction of sp³-hybridized carbons (Fsp3) is 0.667. The van der Waals surface area contributed by atoms with E-state index in [4.69, 9.17) is 0 Å². The number of rotatable bonds is 3. The van der Waals surface area contributed by atoms with Crippen molar-refractivity contribution in [1.29, 1.82) is 0 Å². The first-order valence-corrected chi connectivity index (χ1v) is 5.40. The predicted octanol–water partition coefficient (Wildman–Crippen LogP) is 5.27. The molecule has 0 amide bonds. The van der Waals surface area contributed by atoms with Crippen LogP contribution in [0.2, 0.25) is 0 Å². The molecule has 0 rings (SSSR count). The minimum atomic E-state index is -4.21. The molecule has 0 spiro atoms. The van der Waals surface area contributed by atoms with E-state index in [-0.39, 0.29) is 0 Å². The molecular weight excluding hydrogens is 201 g/mol. The fourth-order valence-electron chi connectivity index (χ4n) is 1.18. The van der Waals surface area contributed by atoms with Crippen molar-refractivity contribution in [2.45, 2.75) is 53.6 Å².